The van der Waals surface area contributed by atoms with E-state index in [0.717, 1.165) is 16.5 Å². The molecule has 2 rings (SSSR count). The number of halogens is 2. The minimum Gasteiger partial charge on any atom is -0.354 e. The summed E-state index contributed by atoms with van der Waals surface area (Å²) in [4.78, 5) is 12.2. The number of hydrogen-bond donors (Lipinski definition) is 2. The van der Waals surface area contributed by atoms with E-state index in [-0.39, 0.29) is 18.3 Å². The van der Waals surface area contributed by atoms with Crippen LogP contribution < -0.4 is 11.1 Å². The van der Waals surface area contributed by atoms with E-state index in [4.69, 9.17) is 5.73 Å². The van der Waals surface area contributed by atoms with Crippen molar-refractivity contribution in [2.45, 2.75) is 18.9 Å². The van der Waals surface area contributed by atoms with Crippen LogP contribution in [-0.2, 0) is 16.8 Å². The maximum absolute atomic E-state index is 12.2. The van der Waals surface area contributed by atoms with Gasteiger partial charge >= 0.3 is 0 Å². The second kappa shape index (κ2) is 7.94. The fraction of sp³-hybridized carbons (Fsp3) is 0.267. The van der Waals surface area contributed by atoms with Gasteiger partial charge in [-0.3, -0.25) is 4.79 Å². The smallest absolute Gasteiger partial charge is 0.244 e. The van der Waals surface area contributed by atoms with Crippen molar-refractivity contribution in [2.75, 3.05) is 6.54 Å². The van der Waals surface area contributed by atoms with Crippen LogP contribution in [0.2, 0.25) is 0 Å². The van der Waals surface area contributed by atoms with Crippen molar-refractivity contribution in [1.29, 1.82) is 0 Å². The molecule has 0 aliphatic rings. The molecule has 0 radical (unpaired) electrons. The average Bonchev–Trinajstić information content (AvgIpc) is 2.92. The van der Waals surface area contributed by atoms with Gasteiger partial charge in [0.15, 0.2) is 0 Å². The summed E-state index contributed by atoms with van der Waals surface area (Å²) in [6.45, 7) is 2.33. The second-order valence-electron chi connectivity index (χ2n) is 4.85. The van der Waals surface area contributed by atoms with Gasteiger partial charge in [-0.2, -0.15) is 11.3 Å². The fourth-order valence-electron chi connectivity index (χ4n) is 1.87. The van der Waals surface area contributed by atoms with Gasteiger partial charge < -0.3 is 11.1 Å². The van der Waals surface area contributed by atoms with Crippen molar-refractivity contribution in [3.8, 4) is 0 Å². The Kier molecular flexibility index (Phi) is 6.87. The van der Waals surface area contributed by atoms with E-state index in [1.807, 2.05) is 29.6 Å². The molecule has 2 aromatic rings. The minimum atomic E-state index is -1.02. The predicted octanol–water partition coefficient (Wildman–Crippen LogP) is 3.47. The third-order valence-electron chi connectivity index (χ3n) is 3.19. The molecule has 0 saturated heterocycles. The van der Waals surface area contributed by atoms with Crippen LogP contribution in [0.5, 0.6) is 0 Å². The third kappa shape index (κ3) is 4.81. The van der Waals surface area contributed by atoms with Gasteiger partial charge in [0.05, 0.1) is 0 Å². The van der Waals surface area contributed by atoms with Gasteiger partial charge in [-0.05, 0) is 53.4 Å². The van der Waals surface area contributed by atoms with Gasteiger partial charge in [-0.25, -0.2) is 0 Å². The maximum Gasteiger partial charge on any atom is 0.244 e. The van der Waals surface area contributed by atoms with Crippen molar-refractivity contribution in [3.05, 3.63) is 56.7 Å². The van der Waals surface area contributed by atoms with E-state index in [2.05, 4.69) is 32.7 Å². The number of amides is 1. The molecule has 21 heavy (non-hydrogen) atoms. The van der Waals surface area contributed by atoms with E-state index in [1.54, 1.807) is 18.3 Å². The number of benzene rings is 1. The first-order valence-electron chi connectivity index (χ1n) is 6.34. The molecule has 0 bridgehead atoms. The number of nitrogens with two attached hydrogens (primary N) is 1. The van der Waals surface area contributed by atoms with Crippen molar-refractivity contribution in [2.24, 2.45) is 5.73 Å². The maximum atomic E-state index is 12.2. The molecule has 0 saturated carbocycles. The number of nitrogens with one attached hydrogen (secondary N) is 1. The molecule has 0 spiro atoms. The summed E-state index contributed by atoms with van der Waals surface area (Å²) >= 11 is 5.03. The fourth-order valence-corrected chi connectivity index (χ4v) is 2.83. The summed E-state index contributed by atoms with van der Waals surface area (Å²) in [5, 5.41) is 7.02. The highest BCUT2D eigenvalue weighted by molar-refractivity contribution is 9.10. The first-order chi connectivity index (χ1) is 9.50. The summed E-state index contributed by atoms with van der Waals surface area (Å²) in [5.74, 6) is -0.157. The molecule has 0 fully saturated rings. The van der Waals surface area contributed by atoms with E-state index >= 15 is 0 Å². The Morgan fingerprint density at radius 2 is 2.00 bits per heavy atom. The highest BCUT2D eigenvalue weighted by atomic mass is 79.9. The molecule has 1 amide bonds. The van der Waals surface area contributed by atoms with Gasteiger partial charge in [-0.15, -0.1) is 12.4 Å². The molecular weight excluding hydrogens is 372 g/mol. The Hall–Kier alpha value is -0.880. The van der Waals surface area contributed by atoms with Crippen molar-refractivity contribution >= 4 is 45.6 Å². The quantitative estimate of drug-likeness (QED) is 0.822. The summed E-state index contributed by atoms with van der Waals surface area (Å²) < 4.78 is 0.968. The molecule has 0 aliphatic heterocycles. The largest absolute Gasteiger partial charge is 0.354 e. The van der Waals surface area contributed by atoms with Crippen LogP contribution in [0.1, 0.15) is 18.1 Å². The third-order valence-corrected chi connectivity index (χ3v) is 4.46. The molecule has 1 atom stereocenters. The molecule has 6 heteroatoms. The van der Waals surface area contributed by atoms with Crippen LogP contribution in [0.25, 0.3) is 0 Å². The zero-order chi connectivity index (χ0) is 14.6. The van der Waals surface area contributed by atoms with E-state index < -0.39 is 5.54 Å². The molecule has 1 aromatic carbocycles. The van der Waals surface area contributed by atoms with Crippen LogP contribution in [0.15, 0.2) is 45.6 Å². The predicted molar refractivity (Wildman–Crippen MR) is 94.0 cm³/mol. The zero-order valence-corrected chi connectivity index (χ0v) is 14.9. The van der Waals surface area contributed by atoms with Crippen molar-refractivity contribution in [3.63, 3.8) is 0 Å². The molecule has 1 aromatic heterocycles. The van der Waals surface area contributed by atoms with Crippen LogP contribution in [-0.4, -0.2) is 12.5 Å². The summed E-state index contributed by atoms with van der Waals surface area (Å²) in [6.07, 6.45) is 0.825. The molecule has 3 nitrogen and oxygen atoms in total. The number of carbonyl (C=O) groups is 1. The molecule has 114 valence electrons. The molecule has 1 heterocycles. The Bertz CT molecular complexity index is 570. The molecular formula is C15H18BrClN2OS. The molecule has 1 unspecified atom stereocenters. The van der Waals surface area contributed by atoms with E-state index in [9.17, 15) is 4.79 Å². The highest BCUT2D eigenvalue weighted by Gasteiger charge is 2.29. The molecule has 3 N–H and O–H groups in total. The Balaban J connectivity index is 0.00000220. The minimum absolute atomic E-state index is 0. The van der Waals surface area contributed by atoms with E-state index in [1.165, 1.54) is 5.56 Å². The van der Waals surface area contributed by atoms with Gasteiger partial charge in [0.2, 0.25) is 5.91 Å². The normalized spacial score (nSPS) is 13.1. The average molecular weight is 390 g/mol. The Labute approximate surface area is 143 Å². The Morgan fingerprint density at radius 3 is 2.57 bits per heavy atom. The first kappa shape index (κ1) is 18.2. The zero-order valence-electron chi connectivity index (χ0n) is 11.6. The number of hydrogen-bond acceptors (Lipinski definition) is 3. The highest BCUT2D eigenvalue weighted by Crippen LogP contribution is 2.20. The van der Waals surface area contributed by atoms with Crippen LogP contribution >= 0.6 is 39.7 Å². The van der Waals surface area contributed by atoms with Gasteiger partial charge in [0.1, 0.15) is 5.54 Å². The SMILES string of the molecule is CC(N)(C(=O)NCCc1ccsc1)c1ccc(Br)cc1.Cl. The summed E-state index contributed by atoms with van der Waals surface area (Å²) in [6, 6.07) is 9.57. The number of carbonyl (C=O) groups excluding carboxylic acids is 1. The first-order valence-corrected chi connectivity index (χ1v) is 8.08. The van der Waals surface area contributed by atoms with Crippen LogP contribution in [0.3, 0.4) is 0 Å². The van der Waals surface area contributed by atoms with Gasteiger partial charge in [-0.1, -0.05) is 28.1 Å². The number of rotatable bonds is 5. The Morgan fingerprint density at radius 1 is 1.33 bits per heavy atom. The van der Waals surface area contributed by atoms with Gasteiger partial charge in [0, 0.05) is 11.0 Å². The molecule has 0 aliphatic carbocycles. The number of thiophene rings is 1. The van der Waals surface area contributed by atoms with Crippen LogP contribution in [0, 0.1) is 0 Å². The topological polar surface area (TPSA) is 55.1 Å². The lowest BCUT2D eigenvalue weighted by atomic mass is 9.92. The second-order valence-corrected chi connectivity index (χ2v) is 6.54. The monoisotopic (exact) mass is 388 g/mol. The lowest BCUT2D eigenvalue weighted by Crippen LogP contribution is -2.49. The van der Waals surface area contributed by atoms with Crippen LogP contribution in [0.4, 0.5) is 0 Å². The van der Waals surface area contributed by atoms with Crippen molar-refractivity contribution < 1.29 is 4.79 Å². The lowest BCUT2D eigenvalue weighted by Gasteiger charge is -2.24. The summed E-state index contributed by atoms with van der Waals surface area (Å²) in [7, 11) is 0. The summed E-state index contributed by atoms with van der Waals surface area (Å²) in [5.41, 5.74) is 7.18. The lowest BCUT2D eigenvalue weighted by molar-refractivity contribution is -0.126. The van der Waals surface area contributed by atoms with Crippen molar-refractivity contribution in [1.82, 2.24) is 5.32 Å². The standard InChI is InChI=1S/C15H17BrN2OS.ClH/c1-15(17,12-2-4-13(16)5-3-12)14(19)18-8-6-11-7-9-20-10-11;/h2-5,7,9-10H,6,8,17H2,1H3,(H,18,19);1H. The van der Waals surface area contributed by atoms with E-state index in [0.29, 0.717) is 6.54 Å². The van der Waals surface area contributed by atoms with Gasteiger partial charge in [0.25, 0.3) is 0 Å².